The monoisotopic (exact) mass is 222 g/mol. The van der Waals surface area contributed by atoms with E-state index in [1.807, 2.05) is 0 Å². The third-order valence-electron chi connectivity index (χ3n) is 3.22. The molecule has 0 aromatic heterocycles. The summed E-state index contributed by atoms with van der Waals surface area (Å²) in [6.45, 7) is 13.1. The molecule has 0 aromatic rings. The molecule has 0 aliphatic rings. The van der Waals surface area contributed by atoms with Crippen LogP contribution in [0, 0.1) is 11.8 Å². The van der Waals surface area contributed by atoms with E-state index in [1.165, 1.54) is 44.1 Å². The van der Waals surface area contributed by atoms with Crippen LogP contribution >= 0.6 is 0 Å². The van der Waals surface area contributed by atoms with E-state index in [0.717, 1.165) is 11.8 Å². The van der Waals surface area contributed by atoms with Gasteiger partial charge >= 0.3 is 0 Å². The highest BCUT2D eigenvalue weighted by molar-refractivity contribution is 4.94. The maximum Gasteiger partial charge on any atom is -0.0292 e. The Morgan fingerprint density at radius 1 is 1.19 bits per heavy atom. The Labute approximate surface area is 103 Å². The van der Waals surface area contributed by atoms with E-state index in [2.05, 4.69) is 46.4 Å². The summed E-state index contributed by atoms with van der Waals surface area (Å²) in [4.78, 5) is 0. The fraction of sp³-hybridized carbons (Fsp3) is 0.750. The van der Waals surface area contributed by atoms with Crippen molar-refractivity contribution in [1.29, 1.82) is 0 Å². The largest absolute Gasteiger partial charge is 0.100 e. The van der Waals surface area contributed by atoms with E-state index in [0.29, 0.717) is 0 Å². The Morgan fingerprint density at radius 3 is 2.38 bits per heavy atom. The molecule has 0 saturated heterocycles. The lowest BCUT2D eigenvalue weighted by Gasteiger charge is -2.22. The summed E-state index contributed by atoms with van der Waals surface area (Å²) in [5.74, 6) is 1.62. The van der Waals surface area contributed by atoms with Gasteiger partial charge in [-0.15, -0.1) is 6.58 Å². The van der Waals surface area contributed by atoms with Crippen LogP contribution in [0.15, 0.2) is 24.3 Å². The average Bonchev–Trinajstić information content (AvgIpc) is 2.22. The first kappa shape index (κ1) is 15.5. The second-order valence-corrected chi connectivity index (χ2v) is 5.18. The molecule has 0 bridgehead atoms. The zero-order chi connectivity index (χ0) is 12.4. The first-order valence-corrected chi connectivity index (χ1v) is 6.91. The van der Waals surface area contributed by atoms with Gasteiger partial charge in [-0.1, -0.05) is 57.8 Å². The first-order valence-electron chi connectivity index (χ1n) is 6.91. The van der Waals surface area contributed by atoms with Crippen LogP contribution in [-0.4, -0.2) is 0 Å². The van der Waals surface area contributed by atoms with Gasteiger partial charge in [0.25, 0.3) is 0 Å². The minimum absolute atomic E-state index is 0.797. The SMILES string of the molecule is C=C(C)CC(CC=CCCC)C(C)CCC. The molecule has 0 heterocycles. The van der Waals surface area contributed by atoms with Gasteiger partial charge in [-0.2, -0.15) is 0 Å². The van der Waals surface area contributed by atoms with Crippen LogP contribution < -0.4 is 0 Å². The number of hydrogen-bond acceptors (Lipinski definition) is 0. The molecule has 0 aliphatic carbocycles. The molecule has 94 valence electrons. The van der Waals surface area contributed by atoms with Crippen molar-refractivity contribution >= 4 is 0 Å². The average molecular weight is 222 g/mol. The molecule has 2 atom stereocenters. The van der Waals surface area contributed by atoms with Gasteiger partial charge in [0.05, 0.1) is 0 Å². The van der Waals surface area contributed by atoms with Gasteiger partial charge in [0.2, 0.25) is 0 Å². The summed E-state index contributed by atoms with van der Waals surface area (Å²) in [6, 6.07) is 0. The van der Waals surface area contributed by atoms with Crippen molar-refractivity contribution in [3.8, 4) is 0 Å². The lowest BCUT2D eigenvalue weighted by molar-refractivity contribution is 0.335. The van der Waals surface area contributed by atoms with Crippen molar-refractivity contribution in [3.63, 3.8) is 0 Å². The van der Waals surface area contributed by atoms with Crippen molar-refractivity contribution in [1.82, 2.24) is 0 Å². The molecule has 0 fully saturated rings. The Morgan fingerprint density at radius 2 is 1.88 bits per heavy atom. The third-order valence-corrected chi connectivity index (χ3v) is 3.22. The molecular weight excluding hydrogens is 192 g/mol. The van der Waals surface area contributed by atoms with Gasteiger partial charge in [-0.25, -0.2) is 0 Å². The van der Waals surface area contributed by atoms with E-state index >= 15 is 0 Å². The lowest BCUT2D eigenvalue weighted by atomic mass is 9.83. The molecule has 0 rings (SSSR count). The summed E-state index contributed by atoms with van der Waals surface area (Å²) in [6.07, 6.45) is 12.3. The summed E-state index contributed by atoms with van der Waals surface area (Å²) in [7, 11) is 0. The lowest BCUT2D eigenvalue weighted by Crippen LogP contribution is -2.11. The number of allylic oxidation sites excluding steroid dienone is 3. The van der Waals surface area contributed by atoms with Crippen LogP contribution in [0.3, 0.4) is 0 Å². The maximum atomic E-state index is 4.06. The zero-order valence-corrected chi connectivity index (χ0v) is 11.8. The van der Waals surface area contributed by atoms with Crippen molar-refractivity contribution in [2.24, 2.45) is 11.8 Å². The Hall–Kier alpha value is -0.520. The van der Waals surface area contributed by atoms with Crippen molar-refractivity contribution in [2.75, 3.05) is 0 Å². The van der Waals surface area contributed by atoms with Crippen LogP contribution in [0.1, 0.15) is 66.2 Å². The molecule has 0 aliphatic heterocycles. The second kappa shape index (κ2) is 9.69. The second-order valence-electron chi connectivity index (χ2n) is 5.18. The van der Waals surface area contributed by atoms with Gasteiger partial charge in [0, 0.05) is 0 Å². The maximum absolute atomic E-state index is 4.06. The Kier molecular flexibility index (Phi) is 9.37. The highest BCUT2D eigenvalue weighted by Gasteiger charge is 2.15. The molecule has 16 heavy (non-hydrogen) atoms. The summed E-state index contributed by atoms with van der Waals surface area (Å²) in [5, 5.41) is 0. The molecule has 0 nitrogen and oxygen atoms in total. The quantitative estimate of drug-likeness (QED) is 0.436. The standard InChI is InChI=1S/C16H30/c1-6-8-9-10-12-16(13-14(3)4)15(5)11-7-2/h9-10,15-16H,3,6-8,11-13H2,1-2,4-5H3. The summed E-state index contributed by atoms with van der Waals surface area (Å²) < 4.78 is 0. The van der Waals surface area contributed by atoms with Crippen LogP contribution in [0.25, 0.3) is 0 Å². The van der Waals surface area contributed by atoms with Crippen molar-refractivity contribution in [3.05, 3.63) is 24.3 Å². The number of hydrogen-bond donors (Lipinski definition) is 0. The van der Waals surface area contributed by atoms with Crippen molar-refractivity contribution < 1.29 is 0 Å². The number of rotatable bonds is 9. The first-order chi connectivity index (χ1) is 7.61. The van der Waals surface area contributed by atoms with E-state index < -0.39 is 0 Å². The molecule has 0 heteroatoms. The van der Waals surface area contributed by atoms with Gasteiger partial charge in [0.1, 0.15) is 0 Å². The molecule has 0 N–H and O–H groups in total. The molecule has 0 amide bonds. The van der Waals surface area contributed by atoms with E-state index in [4.69, 9.17) is 0 Å². The Balaban J connectivity index is 4.13. The van der Waals surface area contributed by atoms with E-state index in [1.54, 1.807) is 0 Å². The highest BCUT2D eigenvalue weighted by Crippen LogP contribution is 2.27. The topological polar surface area (TPSA) is 0 Å². The molecule has 0 radical (unpaired) electrons. The highest BCUT2D eigenvalue weighted by atomic mass is 14.2. The molecule has 0 spiro atoms. The van der Waals surface area contributed by atoms with Crippen LogP contribution in [0.4, 0.5) is 0 Å². The predicted molar refractivity (Wildman–Crippen MR) is 75.7 cm³/mol. The van der Waals surface area contributed by atoms with Gasteiger partial charge in [0.15, 0.2) is 0 Å². The van der Waals surface area contributed by atoms with Crippen LogP contribution in [-0.2, 0) is 0 Å². The van der Waals surface area contributed by atoms with Gasteiger partial charge < -0.3 is 0 Å². The van der Waals surface area contributed by atoms with Crippen LogP contribution in [0.5, 0.6) is 0 Å². The molecule has 0 saturated carbocycles. The smallest absolute Gasteiger partial charge is 0.0292 e. The van der Waals surface area contributed by atoms with Gasteiger partial charge in [-0.3, -0.25) is 0 Å². The minimum Gasteiger partial charge on any atom is -0.100 e. The molecule has 2 unspecified atom stereocenters. The van der Waals surface area contributed by atoms with Crippen LogP contribution in [0.2, 0.25) is 0 Å². The Bertz CT molecular complexity index is 200. The normalized spacial score (nSPS) is 15.2. The fourth-order valence-electron chi connectivity index (χ4n) is 2.21. The minimum atomic E-state index is 0.797. The summed E-state index contributed by atoms with van der Waals surface area (Å²) in [5.41, 5.74) is 1.33. The molecule has 0 aromatic carbocycles. The van der Waals surface area contributed by atoms with Crippen molar-refractivity contribution in [2.45, 2.75) is 66.2 Å². The van der Waals surface area contributed by atoms with E-state index in [9.17, 15) is 0 Å². The van der Waals surface area contributed by atoms with Gasteiger partial charge in [-0.05, 0) is 38.0 Å². The fourth-order valence-corrected chi connectivity index (χ4v) is 2.21. The zero-order valence-electron chi connectivity index (χ0n) is 11.8. The summed E-state index contributed by atoms with van der Waals surface area (Å²) >= 11 is 0. The van der Waals surface area contributed by atoms with E-state index in [-0.39, 0.29) is 0 Å². The number of unbranched alkanes of at least 4 members (excludes halogenated alkanes) is 1. The predicted octanol–water partition coefficient (Wildman–Crippen LogP) is 5.75. The molecular formula is C16H30. The third kappa shape index (κ3) is 7.73.